The van der Waals surface area contributed by atoms with Gasteiger partial charge in [-0.2, -0.15) is 18.9 Å². The van der Waals surface area contributed by atoms with Crippen molar-refractivity contribution < 1.29 is 31.5 Å². The summed E-state index contributed by atoms with van der Waals surface area (Å²) in [6.45, 7) is -2.70. The number of alkyl halides is 4. The zero-order chi connectivity index (χ0) is 22.1. The van der Waals surface area contributed by atoms with E-state index in [2.05, 4.69) is 19.8 Å². The molecule has 1 aromatic carbocycles. The molecule has 1 saturated heterocycles. The number of hydrogen-bond acceptors (Lipinski definition) is 5. The Kier molecular flexibility index (Phi) is 5.70. The molecule has 0 spiro atoms. The molecule has 1 atom stereocenters. The largest absolute Gasteiger partial charge is 0.432 e. The number of halogens is 5. The maximum absolute atomic E-state index is 13.7. The third-order valence-electron chi connectivity index (χ3n) is 5.04. The van der Waals surface area contributed by atoms with Crippen molar-refractivity contribution in [3.8, 4) is 5.75 Å². The maximum Gasteiger partial charge on any atom is 0.387 e. The van der Waals surface area contributed by atoms with E-state index in [-0.39, 0.29) is 23.8 Å². The van der Waals surface area contributed by atoms with Crippen LogP contribution in [0.2, 0.25) is 0 Å². The number of likely N-dealkylation sites (tertiary alicyclic amines) is 1. The van der Waals surface area contributed by atoms with Crippen LogP contribution in [0, 0.1) is 5.82 Å². The molecular formula is C19H16F5N5O2. The van der Waals surface area contributed by atoms with Crippen LogP contribution in [0.15, 0.2) is 30.6 Å². The van der Waals surface area contributed by atoms with Gasteiger partial charge in [-0.3, -0.25) is 4.79 Å². The van der Waals surface area contributed by atoms with Crippen molar-refractivity contribution in [2.45, 2.75) is 31.8 Å². The summed E-state index contributed by atoms with van der Waals surface area (Å²) >= 11 is 0. The molecule has 0 bridgehead atoms. The lowest BCUT2D eigenvalue weighted by molar-refractivity contribution is -0.0522. The van der Waals surface area contributed by atoms with E-state index in [1.165, 1.54) is 27.9 Å². The fourth-order valence-electron chi connectivity index (χ4n) is 3.67. The van der Waals surface area contributed by atoms with Gasteiger partial charge in [0.1, 0.15) is 12.0 Å². The molecule has 3 heterocycles. The van der Waals surface area contributed by atoms with E-state index in [0.29, 0.717) is 25.1 Å². The third kappa shape index (κ3) is 4.28. The van der Waals surface area contributed by atoms with Crippen molar-refractivity contribution in [1.82, 2.24) is 24.5 Å². The molecule has 12 heteroatoms. The smallest absolute Gasteiger partial charge is 0.387 e. The lowest BCUT2D eigenvalue weighted by atomic mass is 9.93. The van der Waals surface area contributed by atoms with Crippen molar-refractivity contribution >= 4 is 11.7 Å². The van der Waals surface area contributed by atoms with Crippen LogP contribution in [0.5, 0.6) is 5.75 Å². The van der Waals surface area contributed by atoms with Gasteiger partial charge in [0.2, 0.25) is 0 Å². The molecule has 1 fully saturated rings. The number of carbonyl (C=O) groups excluding carboxylic acids is 1. The molecule has 2 aromatic heterocycles. The van der Waals surface area contributed by atoms with Gasteiger partial charge >= 0.3 is 6.61 Å². The predicted molar refractivity (Wildman–Crippen MR) is 96.6 cm³/mol. The van der Waals surface area contributed by atoms with E-state index in [0.717, 1.165) is 12.1 Å². The highest BCUT2D eigenvalue weighted by molar-refractivity contribution is 5.94. The Morgan fingerprint density at radius 2 is 2.00 bits per heavy atom. The van der Waals surface area contributed by atoms with E-state index < -0.39 is 36.2 Å². The van der Waals surface area contributed by atoms with Gasteiger partial charge < -0.3 is 9.64 Å². The van der Waals surface area contributed by atoms with Crippen LogP contribution in [0.1, 0.15) is 46.9 Å². The van der Waals surface area contributed by atoms with E-state index >= 15 is 0 Å². The van der Waals surface area contributed by atoms with Crippen LogP contribution in [-0.4, -0.2) is 50.1 Å². The molecule has 0 saturated carbocycles. The van der Waals surface area contributed by atoms with Crippen LogP contribution >= 0.6 is 0 Å². The normalized spacial score (nSPS) is 17.0. The number of benzene rings is 1. The van der Waals surface area contributed by atoms with Crippen molar-refractivity contribution in [2.75, 3.05) is 13.1 Å². The summed E-state index contributed by atoms with van der Waals surface area (Å²) < 4.78 is 70.6. The highest BCUT2D eigenvalue weighted by Gasteiger charge is 2.29. The van der Waals surface area contributed by atoms with Crippen LogP contribution in [-0.2, 0) is 0 Å². The van der Waals surface area contributed by atoms with Crippen LogP contribution in [0.25, 0.3) is 5.78 Å². The first-order chi connectivity index (χ1) is 14.8. The van der Waals surface area contributed by atoms with Crippen LogP contribution in [0.4, 0.5) is 22.0 Å². The lowest BCUT2D eigenvalue weighted by Gasteiger charge is -2.33. The molecule has 1 aliphatic rings. The van der Waals surface area contributed by atoms with Gasteiger partial charge in [-0.05, 0) is 37.1 Å². The minimum absolute atomic E-state index is 0.0217. The molecule has 1 amide bonds. The Morgan fingerprint density at radius 1 is 1.19 bits per heavy atom. The summed E-state index contributed by atoms with van der Waals surface area (Å²) in [5.74, 6) is -2.56. The van der Waals surface area contributed by atoms with Crippen molar-refractivity contribution in [3.05, 3.63) is 53.4 Å². The molecule has 7 nitrogen and oxygen atoms in total. The summed E-state index contributed by atoms with van der Waals surface area (Å²) in [5, 5.41) is 4.04. The van der Waals surface area contributed by atoms with E-state index in [9.17, 15) is 26.7 Å². The zero-order valence-electron chi connectivity index (χ0n) is 15.9. The molecule has 0 aliphatic carbocycles. The summed E-state index contributed by atoms with van der Waals surface area (Å²) in [6.07, 6.45) is -0.417. The molecule has 31 heavy (non-hydrogen) atoms. The second-order valence-electron chi connectivity index (χ2n) is 6.99. The Morgan fingerprint density at radius 3 is 2.74 bits per heavy atom. The Balaban J connectivity index is 1.60. The summed E-state index contributed by atoms with van der Waals surface area (Å²) in [6, 6.07) is 4.22. The summed E-state index contributed by atoms with van der Waals surface area (Å²) in [5.41, 5.74) is -0.0194. The number of nitrogens with zero attached hydrogens (tertiary/aromatic N) is 5. The first kappa shape index (κ1) is 20.9. The molecule has 0 radical (unpaired) electrons. The van der Waals surface area contributed by atoms with Crippen molar-refractivity contribution in [2.24, 2.45) is 0 Å². The fraction of sp³-hybridized carbons (Fsp3) is 0.368. The fourth-order valence-corrected chi connectivity index (χ4v) is 3.67. The van der Waals surface area contributed by atoms with Gasteiger partial charge in [-0.1, -0.05) is 0 Å². The molecule has 1 aliphatic heterocycles. The monoisotopic (exact) mass is 441 g/mol. The number of amides is 1. The van der Waals surface area contributed by atoms with Gasteiger partial charge in [0.15, 0.2) is 11.6 Å². The minimum atomic E-state index is -3.24. The highest BCUT2D eigenvalue weighted by Crippen LogP contribution is 2.30. The number of hydrogen-bond donors (Lipinski definition) is 0. The number of carbonyl (C=O) groups is 1. The first-order valence-electron chi connectivity index (χ1n) is 9.36. The van der Waals surface area contributed by atoms with E-state index in [1.807, 2.05) is 0 Å². The molecular weight excluding hydrogens is 425 g/mol. The van der Waals surface area contributed by atoms with Gasteiger partial charge in [0, 0.05) is 24.6 Å². The van der Waals surface area contributed by atoms with Crippen LogP contribution in [0.3, 0.4) is 0 Å². The van der Waals surface area contributed by atoms with Crippen molar-refractivity contribution in [1.29, 1.82) is 0 Å². The van der Waals surface area contributed by atoms with Gasteiger partial charge in [-0.15, -0.1) is 0 Å². The highest BCUT2D eigenvalue weighted by atomic mass is 19.3. The second kappa shape index (κ2) is 8.44. The average Bonchev–Trinajstić information content (AvgIpc) is 3.22. The predicted octanol–water partition coefficient (Wildman–Crippen LogP) is 3.82. The molecule has 164 valence electrons. The van der Waals surface area contributed by atoms with E-state index in [4.69, 9.17) is 0 Å². The van der Waals surface area contributed by atoms with Crippen LogP contribution < -0.4 is 4.74 Å². The SMILES string of the molecule is O=C(c1ccc(F)c(OC(F)F)c1)N1CCC[C@H](c2cc(C(F)F)nc3ncnn23)C1. The lowest BCUT2D eigenvalue weighted by Crippen LogP contribution is -2.39. The topological polar surface area (TPSA) is 72.6 Å². The number of fused-ring (bicyclic) bond motifs is 1. The zero-order valence-corrected chi connectivity index (χ0v) is 15.9. The molecule has 3 aromatic rings. The molecule has 0 N–H and O–H groups in total. The second-order valence-corrected chi connectivity index (χ2v) is 6.99. The number of rotatable bonds is 5. The van der Waals surface area contributed by atoms with E-state index in [1.54, 1.807) is 0 Å². The average molecular weight is 441 g/mol. The Bertz CT molecular complexity index is 1110. The van der Waals surface area contributed by atoms with Gasteiger partial charge in [-0.25, -0.2) is 22.7 Å². The van der Waals surface area contributed by atoms with Gasteiger partial charge in [0.05, 0.1) is 5.69 Å². The maximum atomic E-state index is 13.7. The van der Waals surface area contributed by atoms with Gasteiger partial charge in [0.25, 0.3) is 18.1 Å². The number of ether oxygens (including phenoxy) is 1. The summed E-state index contributed by atoms with van der Waals surface area (Å²) in [4.78, 5) is 22.0. The first-order valence-corrected chi connectivity index (χ1v) is 9.36. The van der Waals surface area contributed by atoms with Crippen molar-refractivity contribution in [3.63, 3.8) is 0 Å². The number of aromatic nitrogens is 4. The Hall–Kier alpha value is -3.31. The number of piperidine rings is 1. The molecule has 4 rings (SSSR count). The minimum Gasteiger partial charge on any atom is -0.432 e. The molecule has 0 unspecified atom stereocenters. The summed E-state index contributed by atoms with van der Waals surface area (Å²) in [7, 11) is 0. The third-order valence-corrected chi connectivity index (χ3v) is 5.04. The quantitative estimate of drug-likeness (QED) is 0.563. The Labute approximate surface area is 172 Å². The standard InChI is InChI=1S/C19H16F5N5O2/c20-12-4-3-10(6-15(12)31-18(23)24)17(30)28-5-1-2-11(8-28)14-7-13(16(21)22)27-19-25-9-26-29(14)19/h3-4,6-7,9,11,16,18H,1-2,5,8H2/t11-/m0/s1.